The van der Waals surface area contributed by atoms with Crippen molar-refractivity contribution in [2.24, 2.45) is 10.7 Å². The van der Waals surface area contributed by atoms with Crippen LogP contribution in [-0.4, -0.2) is 54.0 Å². The highest BCUT2D eigenvalue weighted by Gasteiger charge is 2.43. The molecule has 0 aliphatic carbocycles. The molecular formula is C11H22N4. The highest BCUT2D eigenvalue weighted by Crippen LogP contribution is 2.32. The lowest BCUT2D eigenvalue weighted by atomic mass is 9.86. The third-order valence-corrected chi connectivity index (χ3v) is 3.93. The number of aliphatic imine (C=N–C) groups is 1. The zero-order valence-electron chi connectivity index (χ0n) is 9.87. The largest absolute Gasteiger partial charge is 0.370 e. The molecule has 0 saturated carbocycles. The molecule has 0 aromatic carbocycles. The van der Waals surface area contributed by atoms with E-state index >= 15 is 0 Å². The molecule has 2 heterocycles. The van der Waals surface area contributed by atoms with Gasteiger partial charge in [0.25, 0.3) is 0 Å². The van der Waals surface area contributed by atoms with Crippen LogP contribution in [0.15, 0.2) is 4.99 Å². The lowest BCUT2D eigenvalue weighted by Crippen LogP contribution is -2.57. The number of rotatable bonds is 2. The Labute approximate surface area is 92.1 Å². The molecular weight excluding hydrogens is 188 g/mol. The number of hydrogen-bond acceptors (Lipinski definition) is 4. The van der Waals surface area contributed by atoms with Gasteiger partial charge >= 0.3 is 0 Å². The van der Waals surface area contributed by atoms with Gasteiger partial charge in [0.05, 0.1) is 12.1 Å². The standard InChI is InChI=1S/C11H22N4/c1-3-14-7-5-11(6-8-14)9-13-10(12)15(11)4-2/h3-9H2,1-2H3,(H2,12,13). The Balaban J connectivity index is 2.04. The van der Waals surface area contributed by atoms with E-state index in [-0.39, 0.29) is 5.54 Å². The minimum Gasteiger partial charge on any atom is -0.370 e. The second-order valence-electron chi connectivity index (χ2n) is 4.58. The maximum Gasteiger partial charge on any atom is 0.191 e. The summed E-state index contributed by atoms with van der Waals surface area (Å²) in [4.78, 5) is 9.23. The quantitative estimate of drug-likeness (QED) is 0.721. The SMILES string of the molecule is CCN1CCC2(CC1)CN=C(N)N2CC. The first-order valence-corrected chi connectivity index (χ1v) is 6.02. The molecule has 2 aliphatic rings. The summed E-state index contributed by atoms with van der Waals surface area (Å²) in [5.41, 5.74) is 6.18. The van der Waals surface area contributed by atoms with E-state index in [9.17, 15) is 0 Å². The van der Waals surface area contributed by atoms with Crippen molar-refractivity contribution in [1.29, 1.82) is 0 Å². The van der Waals surface area contributed by atoms with Crippen LogP contribution in [0.25, 0.3) is 0 Å². The zero-order valence-corrected chi connectivity index (χ0v) is 9.87. The molecule has 2 aliphatic heterocycles. The van der Waals surface area contributed by atoms with Crippen molar-refractivity contribution in [2.75, 3.05) is 32.7 Å². The van der Waals surface area contributed by atoms with Crippen LogP contribution < -0.4 is 5.73 Å². The van der Waals surface area contributed by atoms with E-state index in [0.29, 0.717) is 0 Å². The Hall–Kier alpha value is -0.770. The smallest absolute Gasteiger partial charge is 0.191 e. The Kier molecular flexibility index (Phi) is 2.87. The van der Waals surface area contributed by atoms with Crippen molar-refractivity contribution in [3.63, 3.8) is 0 Å². The molecule has 1 spiro atoms. The lowest BCUT2D eigenvalue weighted by Gasteiger charge is -2.44. The predicted molar refractivity (Wildman–Crippen MR) is 62.9 cm³/mol. The summed E-state index contributed by atoms with van der Waals surface area (Å²) < 4.78 is 0. The number of likely N-dealkylation sites (N-methyl/N-ethyl adjacent to an activating group) is 1. The first kappa shape index (κ1) is 10.7. The zero-order chi connectivity index (χ0) is 10.9. The fourth-order valence-electron chi connectivity index (χ4n) is 2.85. The van der Waals surface area contributed by atoms with Gasteiger partial charge < -0.3 is 15.5 Å². The molecule has 4 heteroatoms. The summed E-state index contributed by atoms with van der Waals surface area (Å²) in [6.45, 7) is 9.84. The van der Waals surface area contributed by atoms with Gasteiger partial charge in [-0.1, -0.05) is 6.92 Å². The van der Waals surface area contributed by atoms with Crippen LogP contribution in [0.1, 0.15) is 26.7 Å². The number of nitrogens with zero attached hydrogens (tertiary/aromatic N) is 3. The van der Waals surface area contributed by atoms with Gasteiger partial charge in [-0.3, -0.25) is 4.99 Å². The normalized spacial score (nSPS) is 26.0. The average Bonchev–Trinajstić information content (AvgIpc) is 2.57. The van der Waals surface area contributed by atoms with Gasteiger partial charge in [-0.15, -0.1) is 0 Å². The van der Waals surface area contributed by atoms with E-state index in [1.807, 2.05) is 0 Å². The molecule has 0 aromatic heterocycles. The van der Waals surface area contributed by atoms with Crippen molar-refractivity contribution in [2.45, 2.75) is 32.2 Å². The third kappa shape index (κ3) is 1.71. The summed E-state index contributed by atoms with van der Waals surface area (Å²) in [5.74, 6) is 0.752. The highest BCUT2D eigenvalue weighted by atomic mass is 15.4. The van der Waals surface area contributed by atoms with Crippen LogP contribution in [0.3, 0.4) is 0 Å². The summed E-state index contributed by atoms with van der Waals surface area (Å²) in [7, 11) is 0. The molecule has 1 saturated heterocycles. The number of hydrogen-bond donors (Lipinski definition) is 1. The molecule has 15 heavy (non-hydrogen) atoms. The second-order valence-corrected chi connectivity index (χ2v) is 4.58. The second kappa shape index (κ2) is 4.00. The van der Waals surface area contributed by atoms with Gasteiger partial charge in [0.1, 0.15) is 0 Å². The number of piperidine rings is 1. The van der Waals surface area contributed by atoms with Crippen molar-refractivity contribution in [3.05, 3.63) is 0 Å². The minimum absolute atomic E-state index is 0.254. The van der Waals surface area contributed by atoms with E-state index in [2.05, 4.69) is 28.6 Å². The van der Waals surface area contributed by atoms with Gasteiger partial charge in [0, 0.05) is 19.6 Å². The van der Waals surface area contributed by atoms with Gasteiger partial charge in [0.2, 0.25) is 0 Å². The molecule has 0 radical (unpaired) electrons. The maximum absolute atomic E-state index is 5.92. The first-order chi connectivity index (χ1) is 7.22. The van der Waals surface area contributed by atoms with Crippen LogP contribution in [0.2, 0.25) is 0 Å². The maximum atomic E-state index is 5.92. The van der Waals surface area contributed by atoms with Crippen molar-refractivity contribution in [1.82, 2.24) is 9.80 Å². The van der Waals surface area contributed by atoms with Gasteiger partial charge in [0.15, 0.2) is 5.96 Å². The molecule has 0 bridgehead atoms. The monoisotopic (exact) mass is 210 g/mol. The van der Waals surface area contributed by atoms with Crippen molar-refractivity contribution < 1.29 is 0 Å². The van der Waals surface area contributed by atoms with E-state index in [0.717, 1.165) is 19.0 Å². The molecule has 86 valence electrons. The number of guanidine groups is 1. The fraction of sp³-hybridized carbons (Fsp3) is 0.909. The van der Waals surface area contributed by atoms with E-state index in [1.165, 1.54) is 32.5 Å². The number of nitrogens with two attached hydrogens (primary N) is 1. The summed E-state index contributed by atoms with van der Waals surface area (Å²) in [6.07, 6.45) is 2.41. The van der Waals surface area contributed by atoms with Crippen molar-refractivity contribution >= 4 is 5.96 Å². The predicted octanol–water partition coefficient (Wildman–Crippen LogP) is 0.491. The molecule has 2 N–H and O–H groups in total. The van der Waals surface area contributed by atoms with E-state index in [4.69, 9.17) is 5.73 Å². The lowest BCUT2D eigenvalue weighted by molar-refractivity contribution is 0.0918. The average molecular weight is 210 g/mol. The molecule has 0 unspecified atom stereocenters. The first-order valence-electron chi connectivity index (χ1n) is 6.02. The van der Waals surface area contributed by atoms with Crippen LogP contribution in [0, 0.1) is 0 Å². The Morgan fingerprint density at radius 2 is 1.93 bits per heavy atom. The molecule has 4 nitrogen and oxygen atoms in total. The molecule has 0 atom stereocenters. The molecule has 2 rings (SSSR count). The van der Waals surface area contributed by atoms with Crippen LogP contribution in [0.5, 0.6) is 0 Å². The van der Waals surface area contributed by atoms with E-state index < -0.39 is 0 Å². The van der Waals surface area contributed by atoms with Crippen LogP contribution >= 0.6 is 0 Å². The Morgan fingerprint density at radius 1 is 1.27 bits per heavy atom. The summed E-state index contributed by atoms with van der Waals surface area (Å²) in [6, 6.07) is 0. The van der Waals surface area contributed by atoms with Crippen LogP contribution in [-0.2, 0) is 0 Å². The van der Waals surface area contributed by atoms with E-state index in [1.54, 1.807) is 0 Å². The molecule has 0 amide bonds. The topological polar surface area (TPSA) is 44.9 Å². The molecule has 1 fully saturated rings. The number of likely N-dealkylation sites (tertiary alicyclic amines) is 1. The van der Waals surface area contributed by atoms with Gasteiger partial charge in [-0.05, 0) is 26.3 Å². The summed E-state index contributed by atoms with van der Waals surface area (Å²) >= 11 is 0. The van der Waals surface area contributed by atoms with Crippen LogP contribution in [0.4, 0.5) is 0 Å². The third-order valence-electron chi connectivity index (χ3n) is 3.93. The highest BCUT2D eigenvalue weighted by molar-refractivity contribution is 5.81. The fourth-order valence-corrected chi connectivity index (χ4v) is 2.85. The van der Waals surface area contributed by atoms with Crippen molar-refractivity contribution in [3.8, 4) is 0 Å². The summed E-state index contributed by atoms with van der Waals surface area (Å²) in [5, 5.41) is 0. The Morgan fingerprint density at radius 3 is 2.47 bits per heavy atom. The Bertz CT molecular complexity index is 253. The minimum atomic E-state index is 0.254. The van der Waals surface area contributed by atoms with Gasteiger partial charge in [-0.2, -0.15) is 0 Å². The van der Waals surface area contributed by atoms with Gasteiger partial charge in [-0.25, -0.2) is 0 Å². The molecule has 0 aromatic rings.